The number of carbonyl (C=O) groups excluding carboxylic acids is 1. The van der Waals surface area contributed by atoms with E-state index in [1.165, 1.54) is 30.0 Å². The molecule has 0 fully saturated rings. The summed E-state index contributed by atoms with van der Waals surface area (Å²) in [6, 6.07) is 9.56. The molecule has 2 aliphatic rings. The first-order valence-electron chi connectivity index (χ1n) is 9.26. The summed E-state index contributed by atoms with van der Waals surface area (Å²) in [4.78, 5) is 17.6. The van der Waals surface area contributed by atoms with E-state index in [1.54, 1.807) is 6.07 Å². The van der Waals surface area contributed by atoms with Crippen LogP contribution in [0, 0.1) is 5.82 Å². The van der Waals surface area contributed by atoms with Crippen LogP contribution in [0.4, 0.5) is 15.8 Å². The van der Waals surface area contributed by atoms with Crippen LogP contribution >= 0.6 is 27.7 Å². The molecule has 0 saturated carbocycles. The largest absolute Gasteiger partial charge is 0.435 e. The number of ether oxygens (including phenoxy) is 1. The number of carbonyl (C=O) groups is 1. The lowest BCUT2D eigenvalue weighted by molar-refractivity contribution is -0.128. The number of nitrogens with one attached hydrogen (secondary N) is 2. The summed E-state index contributed by atoms with van der Waals surface area (Å²) in [7, 11) is 0. The molecule has 10 heteroatoms. The van der Waals surface area contributed by atoms with Crippen molar-refractivity contribution in [3.8, 4) is 17.1 Å². The van der Waals surface area contributed by atoms with Gasteiger partial charge in [0.2, 0.25) is 11.0 Å². The smallest absolute Gasteiger partial charge is 0.295 e. The summed E-state index contributed by atoms with van der Waals surface area (Å²) in [6.07, 6.45) is 0.947. The summed E-state index contributed by atoms with van der Waals surface area (Å²) in [6.45, 7) is 2.06. The minimum Gasteiger partial charge on any atom is -0.435 e. The quantitative estimate of drug-likeness (QED) is 0.523. The van der Waals surface area contributed by atoms with Crippen molar-refractivity contribution in [2.24, 2.45) is 0 Å². The van der Waals surface area contributed by atoms with Gasteiger partial charge in [0.1, 0.15) is 5.82 Å². The Balaban J connectivity index is 1.74. The standard InChI is InChI=1S/C20H15BrFN5O2S/c1-2-7-30-19-24-17-16(26-27-19)12-8-10(21)3-5-14(12)25-20(29-17)13-9-11(22)4-6-15(13)23-18(20)28/h3-6,8-9,25H,2,7H2,1H3,(H,23,28)/t20-/m0/s1. The van der Waals surface area contributed by atoms with E-state index in [-0.39, 0.29) is 5.88 Å². The Bertz CT molecular complexity index is 1190. The lowest BCUT2D eigenvalue weighted by atomic mass is 10.0. The highest BCUT2D eigenvalue weighted by atomic mass is 79.9. The number of benzene rings is 2. The molecule has 1 spiro atoms. The molecule has 0 radical (unpaired) electrons. The van der Waals surface area contributed by atoms with Crippen LogP contribution < -0.4 is 15.4 Å². The Morgan fingerprint density at radius 1 is 1.20 bits per heavy atom. The second-order valence-corrected chi connectivity index (χ2v) is 8.82. The average Bonchev–Trinajstić information content (AvgIpc) is 2.90. The zero-order valence-corrected chi connectivity index (χ0v) is 18.1. The number of fused-ring (bicyclic) bond motifs is 5. The summed E-state index contributed by atoms with van der Waals surface area (Å²) in [5, 5.41) is 14.9. The fourth-order valence-corrected chi connectivity index (χ4v) is 4.44. The lowest BCUT2D eigenvalue weighted by Gasteiger charge is -2.28. The number of amides is 1. The van der Waals surface area contributed by atoms with Crippen LogP contribution in [-0.2, 0) is 10.5 Å². The van der Waals surface area contributed by atoms with Crippen molar-refractivity contribution in [2.75, 3.05) is 16.4 Å². The highest BCUT2D eigenvalue weighted by Crippen LogP contribution is 2.47. The van der Waals surface area contributed by atoms with Crippen molar-refractivity contribution >= 4 is 45.0 Å². The number of hydrogen-bond donors (Lipinski definition) is 2. The van der Waals surface area contributed by atoms with Gasteiger partial charge in [-0.05, 0) is 42.8 Å². The molecule has 2 aromatic carbocycles. The van der Waals surface area contributed by atoms with Crippen molar-refractivity contribution < 1.29 is 13.9 Å². The van der Waals surface area contributed by atoms with Crippen LogP contribution in [0.25, 0.3) is 11.3 Å². The number of nitrogens with zero attached hydrogens (tertiary/aromatic N) is 3. The molecule has 152 valence electrons. The maximum Gasteiger partial charge on any atom is 0.295 e. The van der Waals surface area contributed by atoms with Crippen LogP contribution in [0.1, 0.15) is 18.9 Å². The molecule has 30 heavy (non-hydrogen) atoms. The van der Waals surface area contributed by atoms with Gasteiger partial charge >= 0.3 is 0 Å². The minimum absolute atomic E-state index is 0.153. The molecule has 0 aliphatic carbocycles. The van der Waals surface area contributed by atoms with Crippen molar-refractivity contribution in [1.82, 2.24) is 15.2 Å². The van der Waals surface area contributed by atoms with Crippen LogP contribution in [0.3, 0.4) is 0 Å². The maximum absolute atomic E-state index is 14.1. The van der Waals surface area contributed by atoms with E-state index in [0.717, 1.165) is 16.6 Å². The van der Waals surface area contributed by atoms with Gasteiger partial charge in [-0.2, -0.15) is 4.98 Å². The molecule has 2 aliphatic heterocycles. The first-order valence-corrected chi connectivity index (χ1v) is 11.0. The van der Waals surface area contributed by atoms with Gasteiger partial charge < -0.3 is 15.4 Å². The van der Waals surface area contributed by atoms with Crippen LogP contribution in [-0.4, -0.2) is 26.8 Å². The van der Waals surface area contributed by atoms with Gasteiger partial charge in [0.05, 0.1) is 11.3 Å². The third kappa shape index (κ3) is 3.02. The third-order valence-corrected chi connectivity index (χ3v) is 6.33. The van der Waals surface area contributed by atoms with Crippen molar-refractivity contribution in [1.29, 1.82) is 0 Å². The second-order valence-electron chi connectivity index (χ2n) is 6.84. The molecule has 7 nitrogen and oxygen atoms in total. The summed E-state index contributed by atoms with van der Waals surface area (Å²) >= 11 is 4.92. The van der Waals surface area contributed by atoms with Gasteiger partial charge in [-0.1, -0.05) is 34.6 Å². The van der Waals surface area contributed by atoms with E-state index in [1.807, 2.05) is 12.1 Å². The monoisotopic (exact) mass is 487 g/mol. The van der Waals surface area contributed by atoms with Gasteiger partial charge in [-0.25, -0.2) is 4.39 Å². The van der Waals surface area contributed by atoms with Crippen molar-refractivity contribution in [3.05, 3.63) is 52.3 Å². The highest BCUT2D eigenvalue weighted by molar-refractivity contribution is 9.10. The van der Waals surface area contributed by atoms with Crippen molar-refractivity contribution in [2.45, 2.75) is 24.2 Å². The Labute approximate surface area is 184 Å². The average molecular weight is 488 g/mol. The van der Waals surface area contributed by atoms with Crippen LogP contribution in [0.5, 0.6) is 5.88 Å². The molecule has 1 atom stereocenters. The third-order valence-electron chi connectivity index (χ3n) is 4.80. The topological polar surface area (TPSA) is 89.0 Å². The zero-order valence-electron chi connectivity index (χ0n) is 15.7. The molecule has 0 bridgehead atoms. The van der Waals surface area contributed by atoms with Gasteiger partial charge in [0.25, 0.3) is 11.6 Å². The lowest BCUT2D eigenvalue weighted by Crippen LogP contribution is -2.47. The number of halogens is 2. The van der Waals surface area contributed by atoms with Gasteiger partial charge in [0.15, 0.2) is 5.69 Å². The molecule has 1 aromatic heterocycles. The van der Waals surface area contributed by atoms with E-state index >= 15 is 0 Å². The molecular weight excluding hydrogens is 473 g/mol. The number of hydrogen-bond acceptors (Lipinski definition) is 7. The Morgan fingerprint density at radius 3 is 2.87 bits per heavy atom. The Hall–Kier alpha value is -2.72. The van der Waals surface area contributed by atoms with Gasteiger partial charge in [-0.15, -0.1) is 10.2 Å². The molecule has 2 N–H and O–H groups in total. The molecule has 5 rings (SSSR count). The van der Waals surface area contributed by atoms with Crippen molar-refractivity contribution in [3.63, 3.8) is 0 Å². The van der Waals surface area contributed by atoms with E-state index in [2.05, 4.69) is 48.7 Å². The fourth-order valence-electron chi connectivity index (χ4n) is 3.45. The van der Waals surface area contributed by atoms with Gasteiger partial charge in [0, 0.05) is 21.5 Å². The van der Waals surface area contributed by atoms with Crippen LogP contribution in [0.15, 0.2) is 46.0 Å². The summed E-state index contributed by atoms with van der Waals surface area (Å²) in [5.41, 5.74) is 0.784. The minimum atomic E-state index is -1.69. The Kier molecular flexibility index (Phi) is 4.62. The van der Waals surface area contributed by atoms with E-state index < -0.39 is 17.4 Å². The summed E-state index contributed by atoms with van der Waals surface area (Å²) < 4.78 is 21.1. The Morgan fingerprint density at radius 2 is 2.03 bits per heavy atom. The first-order chi connectivity index (χ1) is 14.5. The number of rotatable bonds is 3. The predicted octanol–water partition coefficient (Wildman–Crippen LogP) is 4.55. The SMILES string of the molecule is CCCSc1nnc2c(n1)O[C@]1(Nc3ccc(Br)cc3-2)C(=O)Nc2ccc(F)cc21. The maximum atomic E-state index is 14.1. The normalized spacial score (nSPS) is 18.6. The molecular formula is C20H15BrFN5O2S. The molecule has 3 heterocycles. The van der Waals surface area contributed by atoms with E-state index in [9.17, 15) is 9.18 Å². The molecule has 0 unspecified atom stereocenters. The second kappa shape index (κ2) is 7.21. The zero-order chi connectivity index (χ0) is 20.9. The highest BCUT2D eigenvalue weighted by Gasteiger charge is 2.52. The van der Waals surface area contributed by atoms with E-state index in [4.69, 9.17) is 4.74 Å². The van der Waals surface area contributed by atoms with Crippen LogP contribution in [0.2, 0.25) is 0 Å². The fraction of sp³-hybridized carbons (Fsp3) is 0.200. The van der Waals surface area contributed by atoms with Gasteiger partial charge in [-0.3, -0.25) is 4.79 Å². The molecule has 0 saturated heterocycles. The molecule has 1 amide bonds. The van der Waals surface area contributed by atoms with E-state index in [0.29, 0.717) is 33.4 Å². The number of anilines is 2. The molecule has 3 aromatic rings. The predicted molar refractivity (Wildman–Crippen MR) is 115 cm³/mol. The summed E-state index contributed by atoms with van der Waals surface area (Å²) in [5.74, 6) is 0.0301. The number of aromatic nitrogens is 3. The first kappa shape index (κ1) is 19.3. The number of thioether (sulfide) groups is 1.